The average Bonchev–Trinajstić information content (AvgIpc) is 2.96. The topological polar surface area (TPSA) is 0 Å². The van der Waals surface area contributed by atoms with E-state index in [9.17, 15) is 0 Å². The van der Waals surface area contributed by atoms with Crippen LogP contribution in [0.5, 0.6) is 0 Å². The standard InChI is InChI=1S/C14H23As/c1-3-11-5-9(1)7-13(11)15-14-8-10-2-4-12(14)6-10/h9-15H,1-8H2. The molecule has 4 aliphatic carbocycles. The Kier molecular flexibility index (Phi) is 2.25. The fraction of sp³-hybridized carbons (Fsp3) is 1.00. The third-order valence-electron chi connectivity index (χ3n) is 5.90. The Morgan fingerprint density at radius 3 is 1.47 bits per heavy atom. The van der Waals surface area contributed by atoms with Gasteiger partial charge in [-0.25, -0.2) is 0 Å². The summed E-state index contributed by atoms with van der Waals surface area (Å²) in [6.45, 7) is 0. The molecular formula is C14H23As. The van der Waals surface area contributed by atoms with Gasteiger partial charge in [0.1, 0.15) is 0 Å². The molecule has 0 saturated heterocycles. The molecular weight excluding hydrogens is 243 g/mol. The van der Waals surface area contributed by atoms with E-state index < -0.39 is 0 Å². The third-order valence-corrected chi connectivity index (χ3v) is 10.7. The molecule has 4 bridgehead atoms. The summed E-state index contributed by atoms with van der Waals surface area (Å²) in [6.07, 6.45) is 13.1. The molecule has 0 aromatic heterocycles. The maximum absolute atomic E-state index is 1.68. The van der Waals surface area contributed by atoms with Crippen LogP contribution >= 0.6 is 0 Å². The minimum atomic E-state index is 0.441. The Morgan fingerprint density at radius 1 is 0.600 bits per heavy atom. The zero-order valence-electron chi connectivity index (χ0n) is 9.62. The molecule has 4 saturated carbocycles. The molecule has 84 valence electrons. The van der Waals surface area contributed by atoms with Gasteiger partial charge in [0.2, 0.25) is 0 Å². The van der Waals surface area contributed by atoms with Crippen LogP contribution in [-0.2, 0) is 0 Å². The first-order valence-corrected chi connectivity index (χ1v) is 9.57. The molecule has 0 radical (unpaired) electrons. The summed E-state index contributed by atoms with van der Waals surface area (Å²) in [5.41, 5.74) is 0. The van der Waals surface area contributed by atoms with Gasteiger partial charge in [0.15, 0.2) is 0 Å². The van der Waals surface area contributed by atoms with Crippen LogP contribution in [0.4, 0.5) is 0 Å². The summed E-state index contributed by atoms with van der Waals surface area (Å²) < 4.78 is 2.60. The van der Waals surface area contributed by atoms with Gasteiger partial charge in [0.05, 0.1) is 0 Å². The average molecular weight is 266 g/mol. The van der Waals surface area contributed by atoms with Gasteiger partial charge in [-0.2, -0.15) is 0 Å². The molecule has 0 aliphatic heterocycles. The van der Waals surface area contributed by atoms with Crippen molar-refractivity contribution >= 4 is 15.8 Å². The molecule has 0 amide bonds. The van der Waals surface area contributed by atoms with Crippen molar-refractivity contribution in [2.45, 2.75) is 60.8 Å². The maximum atomic E-state index is 1.68. The van der Waals surface area contributed by atoms with Crippen molar-refractivity contribution in [1.29, 1.82) is 0 Å². The predicted octanol–water partition coefficient (Wildman–Crippen LogP) is 3.64. The summed E-state index contributed by atoms with van der Waals surface area (Å²) in [7, 11) is 0. The van der Waals surface area contributed by atoms with E-state index in [0.29, 0.717) is 15.8 Å². The van der Waals surface area contributed by atoms with E-state index in [1.807, 2.05) is 0 Å². The van der Waals surface area contributed by atoms with E-state index in [1.54, 1.807) is 51.4 Å². The number of rotatable bonds is 2. The summed E-state index contributed by atoms with van der Waals surface area (Å²) in [5.74, 6) is 4.85. The van der Waals surface area contributed by atoms with E-state index in [0.717, 1.165) is 0 Å². The molecule has 4 aliphatic rings. The van der Waals surface area contributed by atoms with Crippen molar-refractivity contribution < 1.29 is 0 Å². The SMILES string of the molecule is C1CC2CC1CC2[AsH]C1CC2CCC1C2. The Hall–Kier alpha value is 0.558. The third kappa shape index (κ3) is 1.54. The zero-order chi connectivity index (χ0) is 9.83. The Morgan fingerprint density at radius 2 is 1.13 bits per heavy atom. The molecule has 0 aromatic carbocycles. The number of hydrogen-bond acceptors (Lipinski definition) is 0. The van der Waals surface area contributed by atoms with Gasteiger partial charge in [-0.1, -0.05) is 0 Å². The van der Waals surface area contributed by atoms with Gasteiger partial charge in [-0.3, -0.25) is 0 Å². The van der Waals surface area contributed by atoms with Crippen LogP contribution in [0.2, 0.25) is 9.41 Å². The summed E-state index contributed by atoms with van der Waals surface area (Å²) in [4.78, 5) is 0. The summed E-state index contributed by atoms with van der Waals surface area (Å²) >= 11 is 0.441. The van der Waals surface area contributed by atoms with Crippen molar-refractivity contribution in [3.63, 3.8) is 0 Å². The second-order valence-electron chi connectivity index (χ2n) is 6.73. The Labute approximate surface area is 100 Å². The van der Waals surface area contributed by atoms with Crippen LogP contribution in [0.3, 0.4) is 0 Å². The van der Waals surface area contributed by atoms with Crippen LogP contribution in [-0.4, -0.2) is 15.8 Å². The van der Waals surface area contributed by atoms with Crippen LogP contribution in [0.15, 0.2) is 0 Å². The Balaban J connectivity index is 1.40. The van der Waals surface area contributed by atoms with Crippen molar-refractivity contribution in [3.05, 3.63) is 0 Å². The van der Waals surface area contributed by atoms with Crippen LogP contribution in [0.25, 0.3) is 0 Å². The van der Waals surface area contributed by atoms with Gasteiger partial charge in [-0.15, -0.1) is 0 Å². The molecule has 15 heavy (non-hydrogen) atoms. The summed E-state index contributed by atoms with van der Waals surface area (Å²) in [6, 6.07) is 0. The van der Waals surface area contributed by atoms with Crippen molar-refractivity contribution in [2.24, 2.45) is 23.7 Å². The van der Waals surface area contributed by atoms with E-state index in [-0.39, 0.29) is 0 Å². The van der Waals surface area contributed by atoms with Crippen molar-refractivity contribution in [1.82, 2.24) is 0 Å². The van der Waals surface area contributed by atoms with Gasteiger partial charge < -0.3 is 0 Å². The first-order chi connectivity index (χ1) is 7.38. The minimum absolute atomic E-state index is 0.441. The monoisotopic (exact) mass is 266 g/mol. The Bertz CT molecular complexity index is 236. The van der Waals surface area contributed by atoms with Gasteiger partial charge >= 0.3 is 100 Å². The van der Waals surface area contributed by atoms with Gasteiger partial charge in [0, 0.05) is 0 Å². The molecule has 0 heterocycles. The molecule has 6 atom stereocenters. The molecule has 4 fully saturated rings. The van der Waals surface area contributed by atoms with Crippen LogP contribution in [0.1, 0.15) is 51.4 Å². The molecule has 4 rings (SSSR count). The molecule has 0 aromatic rings. The van der Waals surface area contributed by atoms with Crippen molar-refractivity contribution in [2.75, 3.05) is 0 Å². The predicted molar refractivity (Wildman–Crippen MR) is 65.5 cm³/mol. The van der Waals surface area contributed by atoms with E-state index in [1.165, 1.54) is 33.1 Å². The summed E-state index contributed by atoms with van der Waals surface area (Å²) in [5, 5.41) is 0. The fourth-order valence-electron chi connectivity index (χ4n) is 5.17. The second-order valence-corrected chi connectivity index (χ2v) is 10.5. The van der Waals surface area contributed by atoms with Gasteiger partial charge in [-0.05, 0) is 0 Å². The fourth-order valence-corrected chi connectivity index (χ4v) is 10.7. The van der Waals surface area contributed by atoms with Crippen molar-refractivity contribution in [3.8, 4) is 0 Å². The van der Waals surface area contributed by atoms with E-state index in [2.05, 4.69) is 0 Å². The van der Waals surface area contributed by atoms with Crippen LogP contribution in [0, 0.1) is 23.7 Å². The van der Waals surface area contributed by atoms with Gasteiger partial charge in [0.25, 0.3) is 0 Å². The molecule has 6 unspecified atom stereocenters. The second kappa shape index (κ2) is 3.52. The normalized spacial score (nSPS) is 57.6. The molecule has 0 spiro atoms. The first-order valence-electron chi connectivity index (χ1n) is 7.14. The molecule has 0 nitrogen and oxygen atoms in total. The van der Waals surface area contributed by atoms with E-state index in [4.69, 9.17) is 0 Å². The zero-order valence-corrected chi connectivity index (χ0v) is 11.7. The quantitative estimate of drug-likeness (QED) is 0.669. The van der Waals surface area contributed by atoms with E-state index >= 15 is 0 Å². The number of hydrogen-bond donors (Lipinski definition) is 0. The first kappa shape index (κ1) is 9.57. The number of fused-ring (bicyclic) bond motifs is 4. The van der Waals surface area contributed by atoms with Crippen LogP contribution < -0.4 is 0 Å². The molecule has 0 N–H and O–H groups in total. The molecule has 1 heteroatoms.